The largest absolute Gasteiger partial charge is 0.345 e. The van der Waals surface area contributed by atoms with Gasteiger partial charge in [0.15, 0.2) is 0 Å². The molecule has 1 atom stereocenters. The lowest BCUT2D eigenvalue weighted by Gasteiger charge is -2.27. The third-order valence-electron chi connectivity index (χ3n) is 4.62. The summed E-state index contributed by atoms with van der Waals surface area (Å²) < 4.78 is 26.8. The summed E-state index contributed by atoms with van der Waals surface area (Å²) in [5.74, 6) is 0.663. The van der Waals surface area contributed by atoms with Crippen LogP contribution in [0.25, 0.3) is 0 Å². The van der Waals surface area contributed by atoms with Crippen molar-refractivity contribution in [1.82, 2.24) is 10.2 Å². The van der Waals surface area contributed by atoms with Crippen LogP contribution >= 0.6 is 0 Å². The van der Waals surface area contributed by atoms with Crippen molar-refractivity contribution in [2.24, 2.45) is 10.3 Å². The van der Waals surface area contributed by atoms with Crippen LogP contribution in [0.4, 0.5) is 0 Å². The number of fused-ring (bicyclic) bond motifs is 1. The summed E-state index contributed by atoms with van der Waals surface area (Å²) in [6.07, 6.45) is 7.13. The van der Waals surface area contributed by atoms with Crippen molar-refractivity contribution >= 4 is 21.8 Å². The second-order valence-corrected chi connectivity index (χ2v) is 8.30. The molecule has 4 rings (SSSR count). The van der Waals surface area contributed by atoms with Crippen molar-refractivity contribution < 1.29 is 13.2 Å². The number of hydrogen-bond donors (Lipinski definition) is 1. The molecule has 0 spiro atoms. The first-order chi connectivity index (χ1) is 12.0. The van der Waals surface area contributed by atoms with Crippen molar-refractivity contribution in [3.8, 4) is 0 Å². The third kappa shape index (κ3) is 3.51. The van der Waals surface area contributed by atoms with Gasteiger partial charge in [0, 0.05) is 12.7 Å². The zero-order chi connectivity index (χ0) is 17.4. The van der Waals surface area contributed by atoms with Crippen LogP contribution in [0, 0.1) is 5.92 Å². The van der Waals surface area contributed by atoms with Crippen molar-refractivity contribution in [3.63, 3.8) is 0 Å². The summed E-state index contributed by atoms with van der Waals surface area (Å²) in [7, 11) is -3.38. The number of nitrogens with one attached hydrogen (secondary N) is 1. The summed E-state index contributed by atoms with van der Waals surface area (Å²) in [6, 6.07) is 10.0. The number of amides is 1. The van der Waals surface area contributed by atoms with Gasteiger partial charge in [-0.25, -0.2) is 8.42 Å². The van der Waals surface area contributed by atoms with Crippen LogP contribution in [-0.4, -0.2) is 37.4 Å². The van der Waals surface area contributed by atoms with Gasteiger partial charge in [-0.05, 0) is 36.5 Å². The molecule has 3 aliphatic rings. The monoisotopic (exact) mass is 357 g/mol. The summed E-state index contributed by atoms with van der Waals surface area (Å²) in [6.45, 7) is 0.313. The molecule has 1 aromatic carbocycles. The Morgan fingerprint density at radius 3 is 2.68 bits per heavy atom. The van der Waals surface area contributed by atoms with Gasteiger partial charge in [-0.15, -0.1) is 4.40 Å². The van der Waals surface area contributed by atoms with Crippen molar-refractivity contribution in [1.29, 1.82) is 0 Å². The molecule has 25 heavy (non-hydrogen) atoms. The van der Waals surface area contributed by atoms with Crippen LogP contribution in [0.2, 0.25) is 0 Å². The average molecular weight is 357 g/mol. The molecule has 0 aromatic heterocycles. The maximum Gasteiger partial charge on any atom is 0.256 e. The number of benzene rings is 1. The van der Waals surface area contributed by atoms with Gasteiger partial charge in [0.1, 0.15) is 5.84 Å². The maximum atomic E-state index is 12.7. The molecule has 1 amide bonds. The van der Waals surface area contributed by atoms with Gasteiger partial charge < -0.3 is 10.2 Å². The highest BCUT2D eigenvalue weighted by Gasteiger charge is 2.34. The number of carbonyl (C=O) groups excluding carboxylic acids is 1. The fraction of sp³-hybridized carbons (Fsp3) is 0.333. The SMILES string of the molecule is O=C(NC(c1ccccc1)C1CC1)C1=CN2CCS(=O)(=O)N=C2C=C1. The number of sulfonamides is 1. The highest BCUT2D eigenvalue weighted by atomic mass is 32.2. The molecular formula is C18H19N3O3S. The van der Waals surface area contributed by atoms with Gasteiger partial charge in [0.2, 0.25) is 0 Å². The normalized spacial score (nSPS) is 22.5. The Kier molecular flexibility index (Phi) is 3.95. The second-order valence-electron chi connectivity index (χ2n) is 6.55. The van der Waals surface area contributed by atoms with Gasteiger partial charge in [-0.1, -0.05) is 30.3 Å². The van der Waals surface area contributed by atoms with E-state index >= 15 is 0 Å². The van der Waals surface area contributed by atoms with E-state index < -0.39 is 10.0 Å². The molecule has 0 radical (unpaired) electrons. The van der Waals surface area contributed by atoms with Crippen molar-refractivity contribution in [2.45, 2.75) is 18.9 Å². The van der Waals surface area contributed by atoms with Gasteiger partial charge in [-0.3, -0.25) is 4.79 Å². The van der Waals surface area contributed by atoms with E-state index in [4.69, 9.17) is 0 Å². The minimum absolute atomic E-state index is 0.0137. The van der Waals surface area contributed by atoms with Crippen molar-refractivity contribution in [3.05, 3.63) is 59.8 Å². The topological polar surface area (TPSA) is 78.8 Å². The standard InChI is InChI=1S/C18H19N3O3S/c22-18(19-17(14-6-7-14)13-4-2-1-3-5-13)15-8-9-16-20-25(23,24)11-10-21(16)12-15/h1-5,8-9,12,14,17H,6-7,10-11H2,(H,19,22). The highest BCUT2D eigenvalue weighted by molar-refractivity contribution is 7.90. The summed E-state index contributed by atoms with van der Waals surface area (Å²) in [5, 5.41) is 3.13. The van der Waals surface area contributed by atoms with Crippen LogP contribution in [0.1, 0.15) is 24.4 Å². The predicted molar refractivity (Wildman–Crippen MR) is 95.2 cm³/mol. The molecule has 2 aliphatic heterocycles. The van der Waals surface area contributed by atoms with E-state index in [9.17, 15) is 13.2 Å². The Labute approximate surface area is 147 Å². The van der Waals surface area contributed by atoms with E-state index in [-0.39, 0.29) is 17.7 Å². The molecule has 7 heteroatoms. The molecule has 0 saturated heterocycles. The first kappa shape index (κ1) is 16.1. The van der Waals surface area contributed by atoms with Gasteiger partial charge in [-0.2, -0.15) is 0 Å². The zero-order valence-electron chi connectivity index (χ0n) is 13.6. The van der Waals surface area contributed by atoms with E-state index in [2.05, 4.69) is 9.71 Å². The number of nitrogens with zero attached hydrogens (tertiary/aromatic N) is 2. The van der Waals surface area contributed by atoms with Gasteiger partial charge >= 0.3 is 0 Å². The molecule has 0 bridgehead atoms. The van der Waals surface area contributed by atoms with Gasteiger partial charge in [0.25, 0.3) is 15.9 Å². The lowest BCUT2D eigenvalue weighted by Crippen LogP contribution is -2.38. The fourth-order valence-corrected chi connectivity index (χ4v) is 4.09. The van der Waals surface area contributed by atoms with Crippen LogP contribution in [-0.2, 0) is 14.8 Å². The summed E-state index contributed by atoms with van der Waals surface area (Å²) >= 11 is 0. The smallest absolute Gasteiger partial charge is 0.256 e. The summed E-state index contributed by atoms with van der Waals surface area (Å²) in [5.41, 5.74) is 1.63. The van der Waals surface area contributed by atoms with E-state index in [1.54, 1.807) is 23.3 Å². The molecule has 1 fully saturated rings. The first-order valence-corrected chi connectivity index (χ1v) is 9.98. The lowest BCUT2D eigenvalue weighted by molar-refractivity contribution is -0.118. The molecule has 1 aliphatic carbocycles. The minimum Gasteiger partial charge on any atom is -0.345 e. The number of amidine groups is 1. The Hall–Kier alpha value is -2.41. The van der Waals surface area contributed by atoms with Crippen LogP contribution in [0.5, 0.6) is 0 Å². The third-order valence-corrected chi connectivity index (χ3v) is 5.79. The quantitative estimate of drug-likeness (QED) is 0.890. The molecule has 2 heterocycles. The lowest BCUT2D eigenvalue weighted by atomic mass is 10.0. The number of hydrogen-bond acceptors (Lipinski definition) is 4. The predicted octanol–water partition coefficient (Wildman–Crippen LogP) is 1.75. The second kappa shape index (κ2) is 6.15. The van der Waals surface area contributed by atoms with E-state index in [0.717, 1.165) is 18.4 Å². The first-order valence-electron chi connectivity index (χ1n) is 8.37. The number of rotatable bonds is 4. The van der Waals surface area contributed by atoms with Crippen LogP contribution < -0.4 is 5.32 Å². The Balaban J connectivity index is 1.52. The highest BCUT2D eigenvalue weighted by Crippen LogP contribution is 2.41. The Bertz CT molecular complexity index is 883. The van der Waals surface area contributed by atoms with E-state index in [1.807, 2.05) is 30.3 Å². The van der Waals surface area contributed by atoms with Crippen molar-refractivity contribution in [2.75, 3.05) is 12.3 Å². The Morgan fingerprint density at radius 2 is 1.96 bits per heavy atom. The van der Waals surface area contributed by atoms with E-state index in [1.165, 1.54) is 0 Å². The summed E-state index contributed by atoms with van der Waals surface area (Å²) in [4.78, 5) is 14.4. The Morgan fingerprint density at radius 1 is 1.20 bits per heavy atom. The molecular weight excluding hydrogens is 338 g/mol. The zero-order valence-corrected chi connectivity index (χ0v) is 14.4. The molecule has 6 nitrogen and oxygen atoms in total. The molecule has 130 valence electrons. The average Bonchev–Trinajstić information content (AvgIpc) is 3.44. The minimum atomic E-state index is -3.38. The van der Waals surface area contributed by atoms with E-state index in [0.29, 0.717) is 23.9 Å². The molecule has 1 saturated carbocycles. The van der Waals surface area contributed by atoms with Crippen LogP contribution in [0.15, 0.2) is 58.7 Å². The molecule has 1 unspecified atom stereocenters. The molecule has 1 aromatic rings. The maximum absolute atomic E-state index is 12.7. The van der Waals surface area contributed by atoms with Crippen LogP contribution in [0.3, 0.4) is 0 Å². The van der Waals surface area contributed by atoms with Gasteiger partial charge in [0.05, 0.1) is 17.4 Å². The fourth-order valence-electron chi connectivity index (χ4n) is 3.12. The number of carbonyl (C=O) groups is 1. The molecule has 1 N–H and O–H groups in total.